The van der Waals surface area contributed by atoms with E-state index in [4.69, 9.17) is 11.6 Å². The number of rotatable bonds is 7. The molecule has 0 aliphatic rings. The van der Waals surface area contributed by atoms with Crippen LogP contribution in [0.15, 0.2) is 29.2 Å². The van der Waals surface area contributed by atoms with E-state index < -0.39 is 10.0 Å². The third-order valence-corrected chi connectivity index (χ3v) is 4.30. The molecule has 0 atom stereocenters. The monoisotopic (exact) mass is 304 g/mol. The van der Waals surface area contributed by atoms with Crippen LogP contribution in [0.1, 0.15) is 19.8 Å². The molecule has 1 aromatic carbocycles. The fourth-order valence-corrected chi connectivity index (χ4v) is 2.87. The fraction of sp³-hybridized carbons (Fsp3) is 0.417. The van der Waals surface area contributed by atoms with E-state index in [0.29, 0.717) is 6.54 Å². The van der Waals surface area contributed by atoms with Crippen molar-refractivity contribution in [1.82, 2.24) is 10.0 Å². The maximum atomic E-state index is 11.9. The summed E-state index contributed by atoms with van der Waals surface area (Å²) in [5.74, 6) is -0.357. The van der Waals surface area contributed by atoms with Crippen LogP contribution in [0.3, 0.4) is 0 Å². The molecule has 0 radical (unpaired) electrons. The zero-order valence-corrected chi connectivity index (χ0v) is 12.2. The average Bonchev–Trinajstić information content (AvgIpc) is 2.37. The number of nitrogens with one attached hydrogen (secondary N) is 2. The smallest absolute Gasteiger partial charge is 0.242 e. The second-order valence-corrected chi connectivity index (χ2v) is 6.10. The van der Waals surface area contributed by atoms with Gasteiger partial charge in [0.2, 0.25) is 15.9 Å². The lowest BCUT2D eigenvalue weighted by molar-refractivity contribution is -0.119. The normalized spacial score (nSPS) is 11.3. The van der Waals surface area contributed by atoms with Gasteiger partial charge in [0.25, 0.3) is 0 Å². The summed E-state index contributed by atoms with van der Waals surface area (Å²) in [6, 6.07) is 6.08. The van der Waals surface area contributed by atoms with Crippen LogP contribution in [0.25, 0.3) is 0 Å². The molecule has 106 valence electrons. The largest absolute Gasteiger partial charge is 0.355 e. The van der Waals surface area contributed by atoms with Crippen molar-refractivity contribution in [1.29, 1.82) is 0 Å². The van der Waals surface area contributed by atoms with Gasteiger partial charge in [-0.15, -0.1) is 0 Å². The molecule has 0 heterocycles. The van der Waals surface area contributed by atoms with Gasteiger partial charge in [0.05, 0.1) is 11.6 Å². The Kier molecular flexibility index (Phi) is 6.27. The van der Waals surface area contributed by atoms with E-state index in [9.17, 15) is 13.2 Å². The van der Waals surface area contributed by atoms with Gasteiger partial charge in [-0.3, -0.25) is 4.79 Å². The zero-order chi connectivity index (χ0) is 14.3. The average molecular weight is 305 g/mol. The predicted octanol–water partition coefficient (Wildman–Crippen LogP) is 1.53. The Morgan fingerprint density at radius 3 is 2.63 bits per heavy atom. The summed E-state index contributed by atoms with van der Waals surface area (Å²) in [6.07, 6.45) is 1.83. The lowest BCUT2D eigenvalue weighted by Gasteiger charge is -2.08. The van der Waals surface area contributed by atoms with Gasteiger partial charge in [-0.05, 0) is 18.6 Å². The van der Waals surface area contributed by atoms with Crippen LogP contribution in [-0.2, 0) is 14.8 Å². The molecule has 0 saturated carbocycles. The summed E-state index contributed by atoms with van der Waals surface area (Å²) in [7, 11) is -3.76. The number of carbonyl (C=O) groups excluding carboxylic acids is 1. The van der Waals surface area contributed by atoms with Crippen molar-refractivity contribution in [3.8, 4) is 0 Å². The molecule has 0 unspecified atom stereocenters. The van der Waals surface area contributed by atoms with Gasteiger partial charge in [0.15, 0.2) is 0 Å². The second-order valence-electron chi connectivity index (χ2n) is 3.96. The third-order valence-electron chi connectivity index (χ3n) is 2.40. The van der Waals surface area contributed by atoms with Crippen molar-refractivity contribution < 1.29 is 13.2 Å². The van der Waals surface area contributed by atoms with Crippen molar-refractivity contribution in [2.75, 3.05) is 13.1 Å². The molecule has 1 rings (SSSR count). The molecule has 5 nitrogen and oxygen atoms in total. The SMILES string of the molecule is CCCCNC(=O)CNS(=O)(=O)c1ccccc1Cl. The second kappa shape index (κ2) is 7.47. The Morgan fingerprint density at radius 2 is 2.00 bits per heavy atom. The van der Waals surface area contributed by atoms with Gasteiger partial charge in [-0.2, -0.15) is 0 Å². The number of amides is 1. The Labute approximate surface area is 118 Å². The summed E-state index contributed by atoms with van der Waals surface area (Å²) in [4.78, 5) is 11.4. The Balaban J connectivity index is 2.57. The number of hydrogen-bond donors (Lipinski definition) is 2. The molecule has 2 N–H and O–H groups in total. The number of halogens is 1. The van der Waals surface area contributed by atoms with E-state index in [0.717, 1.165) is 12.8 Å². The van der Waals surface area contributed by atoms with Gasteiger partial charge in [-0.25, -0.2) is 13.1 Å². The highest BCUT2D eigenvalue weighted by atomic mass is 35.5. The van der Waals surface area contributed by atoms with E-state index in [1.807, 2.05) is 6.92 Å². The molecule has 1 aromatic rings. The van der Waals surface area contributed by atoms with Crippen molar-refractivity contribution in [3.63, 3.8) is 0 Å². The molecule has 0 bridgehead atoms. The van der Waals surface area contributed by atoms with E-state index in [1.165, 1.54) is 12.1 Å². The number of benzene rings is 1. The summed E-state index contributed by atoms with van der Waals surface area (Å²) in [5.41, 5.74) is 0. The molecular formula is C12H17ClN2O3S. The molecule has 7 heteroatoms. The van der Waals surface area contributed by atoms with Crippen LogP contribution in [0.5, 0.6) is 0 Å². The summed E-state index contributed by atoms with van der Waals surface area (Å²) in [6.45, 7) is 2.26. The first-order valence-electron chi connectivity index (χ1n) is 5.98. The molecule has 0 spiro atoms. The van der Waals surface area contributed by atoms with Crippen LogP contribution in [-0.4, -0.2) is 27.4 Å². The lowest BCUT2D eigenvalue weighted by Crippen LogP contribution is -2.37. The van der Waals surface area contributed by atoms with Crippen LogP contribution in [0, 0.1) is 0 Å². The first kappa shape index (κ1) is 15.9. The van der Waals surface area contributed by atoms with Crippen LogP contribution >= 0.6 is 11.6 Å². The third kappa shape index (κ3) is 5.18. The summed E-state index contributed by atoms with van der Waals surface area (Å²) in [5, 5.41) is 2.75. The van der Waals surface area contributed by atoms with Crippen LogP contribution < -0.4 is 10.0 Å². The van der Waals surface area contributed by atoms with E-state index in [2.05, 4.69) is 10.0 Å². The standard InChI is InChI=1S/C12H17ClN2O3S/c1-2-3-8-14-12(16)9-15-19(17,18)11-7-5-4-6-10(11)13/h4-7,15H,2-3,8-9H2,1H3,(H,14,16). The Bertz CT molecular complexity index is 532. The highest BCUT2D eigenvalue weighted by Gasteiger charge is 2.17. The number of hydrogen-bond acceptors (Lipinski definition) is 3. The molecule has 0 saturated heterocycles. The van der Waals surface area contributed by atoms with Crippen molar-refractivity contribution in [2.24, 2.45) is 0 Å². The minimum Gasteiger partial charge on any atom is -0.355 e. The van der Waals surface area contributed by atoms with Gasteiger partial charge < -0.3 is 5.32 Å². The van der Waals surface area contributed by atoms with Gasteiger partial charge in [-0.1, -0.05) is 37.1 Å². The van der Waals surface area contributed by atoms with Gasteiger partial charge in [0, 0.05) is 6.54 Å². The topological polar surface area (TPSA) is 75.3 Å². The van der Waals surface area contributed by atoms with Crippen LogP contribution in [0.2, 0.25) is 5.02 Å². The minimum absolute atomic E-state index is 0.0296. The van der Waals surface area contributed by atoms with E-state index >= 15 is 0 Å². The van der Waals surface area contributed by atoms with E-state index in [-0.39, 0.29) is 22.4 Å². The number of carbonyl (C=O) groups is 1. The molecule has 19 heavy (non-hydrogen) atoms. The van der Waals surface area contributed by atoms with E-state index in [1.54, 1.807) is 12.1 Å². The summed E-state index contributed by atoms with van der Waals surface area (Å²) >= 11 is 5.81. The minimum atomic E-state index is -3.76. The lowest BCUT2D eigenvalue weighted by atomic mass is 10.3. The molecule has 1 amide bonds. The first-order chi connectivity index (χ1) is 8.97. The highest BCUT2D eigenvalue weighted by Crippen LogP contribution is 2.19. The Morgan fingerprint density at radius 1 is 1.32 bits per heavy atom. The maximum absolute atomic E-state index is 11.9. The van der Waals surface area contributed by atoms with Gasteiger partial charge in [0.1, 0.15) is 4.90 Å². The molecule has 0 aliphatic carbocycles. The van der Waals surface area contributed by atoms with Crippen LogP contribution in [0.4, 0.5) is 0 Å². The first-order valence-corrected chi connectivity index (χ1v) is 7.84. The van der Waals surface area contributed by atoms with Gasteiger partial charge >= 0.3 is 0 Å². The number of sulfonamides is 1. The molecule has 0 aromatic heterocycles. The molecular weight excluding hydrogens is 288 g/mol. The molecule has 0 fully saturated rings. The summed E-state index contributed by atoms with van der Waals surface area (Å²) < 4.78 is 26.0. The quantitative estimate of drug-likeness (QED) is 0.750. The van der Waals surface area contributed by atoms with Crippen molar-refractivity contribution in [3.05, 3.63) is 29.3 Å². The Hall–Kier alpha value is -1.11. The van der Waals surface area contributed by atoms with Crippen molar-refractivity contribution in [2.45, 2.75) is 24.7 Å². The maximum Gasteiger partial charge on any atom is 0.242 e. The predicted molar refractivity (Wildman–Crippen MR) is 74.6 cm³/mol. The fourth-order valence-electron chi connectivity index (χ4n) is 1.37. The van der Waals surface area contributed by atoms with Crippen molar-refractivity contribution >= 4 is 27.5 Å². The molecule has 0 aliphatic heterocycles. The highest BCUT2D eigenvalue weighted by molar-refractivity contribution is 7.89. The number of unbranched alkanes of at least 4 members (excludes halogenated alkanes) is 1. The zero-order valence-electron chi connectivity index (χ0n) is 10.6.